The summed E-state index contributed by atoms with van der Waals surface area (Å²) in [6, 6.07) is 4.19. The van der Waals surface area contributed by atoms with Crippen molar-refractivity contribution in [3.05, 3.63) is 23.9 Å². The van der Waals surface area contributed by atoms with E-state index in [2.05, 4.69) is 37.0 Å². The van der Waals surface area contributed by atoms with Gasteiger partial charge in [0.2, 0.25) is 0 Å². The van der Waals surface area contributed by atoms with Gasteiger partial charge in [-0.15, -0.1) is 0 Å². The van der Waals surface area contributed by atoms with Gasteiger partial charge in [0.15, 0.2) is 0 Å². The molecule has 0 bridgehead atoms. The third-order valence-electron chi connectivity index (χ3n) is 2.37. The molecule has 80 valence electrons. The van der Waals surface area contributed by atoms with E-state index in [1.165, 1.54) is 5.56 Å². The Kier molecular flexibility index (Phi) is 2.18. The van der Waals surface area contributed by atoms with Crippen LogP contribution in [-0.4, -0.2) is 10.2 Å². The number of fused-ring (bicyclic) bond motifs is 1. The van der Waals surface area contributed by atoms with Gasteiger partial charge in [-0.3, -0.25) is 5.10 Å². The summed E-state index contributed by atoms with van der Waals surface area (Å²) in [6.45, 7) is 6.67. The largest absolute Gasteiger partial charge is 0.397 e. The second kappa shape index (κ2) is 3.26. The maximum Gasteiger partial charge on any atom is 0.0879 e. The number of nitrogens with zero attached hydrogens (tertiary/aromatic N) is 1. The molecular formula is C12H17N3. The molecular weight excluding hydrogens is 186 g/mol. The number of hydrogen-bond donors (Lipinski definition) is 2. The van der Waals surface area contributed by atoms with Gasteiger partial charge in [0.25, 0.3) is 0 Å². The highest BCUT2D eigenvalue weighted by molar-refractivity contribution is 5.89. The third-order valence-corrected chi connectivity index (χ3v) is 2.37. The zero-order valence-electron chi connectivity index (χ0n) is 9.46. The summed E-state index contributed by atoms with van der Waals surface area (Å²) in [5.74, 6) is 0. The summed E-state index contributed by atoms with van der Waals surface area (Å²) in [7, 11) is 0. The number of nitrogen functional groups attached to an aromatic ring is 1. The molecule has 15 heavy (non-hydrogen) atoms. The van der Waals surface area contributed by atoms with E-state index in [0.29, 0.717) is 0 Å². The monoisotopic (exact) mass is 203 g/mol. The number of benzene rings is 1. The summed E-state index contributed by atoms with van der Waals surface area (Å²) in [5.41, 5.74) is 9.22. The summed E-state index contributed by atoms with van der Waals surface area (Å²) in [6.07, 6.45) is 2.84. The van der Waals surface area contributed by atoms with Crippen LogP contribution in [0.25, 0.3) is 10.9 Å². The van der Waals surface area contributed by atoms with Crippen LogP contribution in [0, 0.1) is 5.41 Å². The van der Waals surface area contributed by atoms with Crippen LogP contribution >= 0.6 is 0 Å². The first-order chi connectivity index (χ1) is 6.96. The third kappa shape index (κ3) is 2.12. The lowest BCUT2D eigenvalue weighted by molar-refractivity contribution is 0.411. The van der Waals surface area contributed by atoms with Crippen molar-refractivity contribution < 1.29 is 0 Å². The van der Waals surface area contributed by atoms with Crippen LogP contribution in [0.4, 0.5) is 5.69 Å². The number of anilines is 1. The maximum atomic E-state index is 5.95. The molecule has 1 aromatic heterocycles. The van der Waals surface area contributed by atoms with Gasteiger partial charge in [-0.05, 0) is 29.5 Å². The molecule has 0 radical (unpaired) electrons. The van der Waals surface area contributed by atoms with E-state index in [4.69, 9.17) is 5.73 Å². The smallest absolute Gasteiger partial charge is 0.0879 e. The predicted octanol–water partition coefficient (Wildman–Crippen LogP) is 2.73. The SMILES string of the molecule is CC(C)(C)Cc1cc(N)c2[nH]ncc2c1. The van der Waals surface area contributed by atoms with Crippen LogP contribution in [-0.2, 0) is 6.42 Å². The van der Waals surface area contributed by atoms with Crippen molar-refractivity contribution in [2.45, 2.75) is 27.2 Å². The fourth-order valence-corrected chi connectivity index (χ4v) is 1.86. The second-order valence-electron chi connectivity index (χ2n) is 5.26. The average molecular weight is 203 g/mol. The zero-order chi connectivity index (χ0) is 11.1. The molecule has 0 aliphatic heterocycles. The van der Waals surface area contributed by atoms with Gasteiger partial charge in [0.05, 0.1) is 17.4 Å². The van der Waals surface area contributed by atoms with Gasteiger partial charge in [-0.25, -0.2) is 0 Å². The van der Waals surface area contributed by atoms with Crippen LogP contribution in [0.5, 0.6) is 0 Å². The Morgan fingerprint density at radius 2 is 2.07 bits per heavy atom. The Labute approximate surface area is 89.7 Å². The molecule has 0 aliphatic rings. The highest BCUT2D eigenvalue weighted by Crippen LogP contribution is 2.26. The van der Waals surface area contributed by atoms with Crippen molar-refractivity contribution in [3.8, 4) is 0 Å². The lowest BCUT2D eigenvalue weighted by atomic mass is 9.88. The second-order valence-corrected chi connectivity index (χ2v) is 5.26. The molecule has 0 saturated carbocycles. The fourth-order valence-electron chi connectivity index (χ4n) is 1.86. The topological polar surface area (TPSA) is 54.7 Å². The van der Waals surface area contributed by atoms with Gasteiger partial charge in [-0.1, -0.05) is 20.8 Å². The van der Waals surface area contributed by atoms with Gasteiger partial charge in [0.1, 0.15) is 0 Å². The van der Waals surface area contributed by atoms with Crippen LogP contribution in [0.3, 0.4) is 0 Å². The Bertz CT molecular complexity index is 477. The van der Waals surface area contributed by atoms with Crippen LogP contribution in [0.1, 0.15) is 26.3 Å². The lowest BCUT2D eigenvalue weighted by Gasteiger charge is -2.18. The molecule has 0 atom stereocenters. The first-order valence-corrected chi connectivity index (χ1v) is 5.17. The van der Waals surface area contributed by atoms with E-state index in [1.54, 1.807) is 0 Å². The number of aromatic nitrogens is 2. The number of aromatic amines is 1. The van der Waals surface area contributed by atoms with E-state index < -0.39 is 0 Å². The molecule has 2 rings (SSSR count). The lowest BCUT2D eigenvalue weighted by Crippen LogP contribution is -2.09. The van der Waals surface area contributed by atoms with Crippen molar-refractivity contribution in [2.24, 2.45) is 5.41 Å². The van der Waals surface area contributed by atoms with Gasteiger partial charge in [0, 0.05) is 5.39 Å². The number of rotatable bonds is 1. The predicted molar refractivity (Wildman–Crippen MR) is 63.7 cm³/mol. The van der Waals surface area contributed by atoms with Crippen molar-refractivity contribution in [1.82, 2.24) is 10.2 Å². The first-order valence-electron chi connectivity index (χ1n) is 5.17. The molecule has 0 unspecified atom stereocenters. The van der Waals surface area contributed by atoms with E-state index >= 15 is 0 Å². The maximum absolute atomic E-state index is 5.95. The Morgan fingerprint density at radius 3 is 2.73 bits per heavy atom. The average Bonchev–Trinajstić information content (AvgIpc) is 2.48. The summed E-state index contributed by atoms with van der Waals surface area (Å²) >= 11 is 0. The molecule has 3 N–H and O–H groups in total. The van der Waals surface area contributed by atoms with Crippen molar-refractivity contribution in [2.75, 3.05) is 5.73 Å². The quantitative estimate of drug-likeness (QED) is 0.700. The van der Waals surface area contributed by atoms with Crippen molar-refractivity contribution in [1.29, 1.82) is 0 Å². The number of nitrogens with two attached hydrogens (primary N) is 1. The molecule has 0 aliphatic carbocycles. The zero-order valence-corrected chi connectivity index (χ0v) is 9.46. The molecule has 0 saturated heterocycles. The molecule has 1 aromatic carbocycles. The molecule has 2 aromatic rings. The molecule has 1 heterocycles. The van der Waals surface area contributed by atoms with Gasteiger partial charge in [-0.2, -0.15) is 5.10 Å². The van der Waals surface area contributed by atoms with Gasteiger partial charge < -0.3 is 5.73 Å². The van der Waals surface area contributed by atoms with Crippen molar-refractivity contribution >= 4 is 16.6 Å². The van der Waals surface area contributed by atoms with E-state index in [1.807, 2.05) is 12.3 Å². The van der Waals surface area contributed by atoms with E-state index in [9.17, 15) is 0 Å². The van der Waals surface area contributed by atoms with E-state index in [-0.39, 0.29) is 5.41 Å². The fraction of sp³-hybridized carbons (Fsp3) is 0.417. The number of hydrogen-bond acceptors (Lipinski definition) is 2. The van der Waals surface area contributed by atoms with Crippen molar-refractivity contribution in [3.63, 3.8) is 0 Å². The first kappa shape index (κ1) is 10.0. The minimum absolute atomic E-state index is 0.282. The minimum Gasteiger partial charge on any atom is -0.397 e. The Morgan fingerprint density at radius 1 is 1.33 bits per heavy atom. The molecule has 0 fully saturated rings. The Balaban J connectivity index is 2.45. The van der Waals surface area contributed by atoms with Crippen LogP contribution in [0.2, 0.25) is 0 Å². The molecule has 0 amide bonds. The summed E-state index contributed by atoms with van der Waals surface area (Å²) in [4.78, 5) is 0. The highest BCUT2D eigenvalue weighted by atomic mass is 15.1. The molecule has 3 nitrogen and oxygen atoms in total. The minimum atomic E-state index is 0.282. The van der Waals surface area contributed by atoms with Gasteiger partial charge >= 0.3 is 0 Å². The Hall–Kier alpha value is -1.51. The summed E-state index contributed by atoms with van der Waals surface area (Å²) in [5, 5.41) is 7.99. The van der Waals surface area contributed by atoms with E-state index in [0.717, 1.165) is 23.0 Å². The molecule has 0 spiro atoms. The molecule has 3 heteroatoms. The highest BCUT2D eigenvalue weighted by Gasteiger charge is 2.12. The number of nitrogens with one attached hydrogen (secondary N) is 1. The number of H-pyrrole nitrogens is 1. The van der Waals surface area contributed by atoms with Crippen LogP contribution < -0.4 is 5.73 Å². The summed E-state index contributed by atoms with van der Waals surface area (Å²) < 4.78 is 0. The van der Waals surface area contributed by atoms with Crippen LogP contribution in [0.15, 0.2) is 18.3 Å². The normalized spacial score (nSPS) is 12.2. The standard InChI is InChI=1S/C12H17N3/c1-12(2,3)6-8-4-9-7-14-15-11(9)10(13)5-8/h4-5,7H,6,13H2,1-3H3,(H,14,15).